The second-order valence-electron chi connectivity index (χ2n) is 4.59. The molecule has 0 saturated carbocycles. The first-order chi connectivity index (χ1) is 9.33. The van der Waals surface area contributed by atoms with E-state index in [-0.39, 0.29) is 5.91 Å². The van der Waals surface area contributed by atoms with Crippen molar-refractivity contribution in [2.45, 2.75) is 0 Å². The highest BCUT2D eigenvalue weighted by Gasteiger charge is 2.12. The summed E-state index contributed by atoms with van der Waals surface area (Å²) in [6.45, 7) is 4.92. The summed E-state index contributed by atoms with van der Waals surface area (Å²) in [7, 11) is 0. The number of hydrogen-bond donors (Lipinski definition) is 2. The van der Waals surface area contributed by atoms with Gasteiger partial charge in [-0.15, -0.1) is 0 Å². The van der Waals surface area contributed by atoms with E-state index in [2.05, 4.69) is 15.2 Å². The summed E-state index contributed by atoms with van der Waals surface area (Å²) in [6.07, 6.45) is 1.60. The summed E-state index contributed by atoms with van der Waals surface area (Å²) >= 11 is 0. The predicted molar refractivity (Wildman–Crippen MR) is 70.2 cm³/mol. The monoisotopic (exact) mass is 263 g/mol. The lowest BCUT2D eigenvalue weighted by Gasteiger charge is -2.26. The largest absolute Gasteiger partial charge is 0.463 e. The number of nitrogens with one attached hydrogen (secondary N) is 2. The van der Waals surface area contributed by atoms with Gasteiger partial charge in [0.25, 0.3) is 5.91 Å². The molecule has 2 aromatic rings. The number of furan rings is 1. The lowest BCUT2D eigenvalue weighted by molar-refractivity contribution is 0.0383. The number of hydrogen-bond acceptors (Lipinski definition) is 4. The third kappa shape index (κ3) is 2.80. The Morgan fingerprint density at radius 1 is 1.42 bits per heavy atom. The SMILES string of the molecule is O=C(NCCN1CCOCC1)c1cc2occc2[nH]1. The van der Waals surface area contributed by atoms with E-state index in [0.717, 1.165) is 38.4 Å². The zero-order chi connectivity index (χ0) is 13.1. The molecule has 2 aromatic heterocycles. The number of nitrogens with zero attached hydrogens (tertiary/aromatic N) is 1. The minimum atomic E-state index is -0.0975. The molecule has 2 N–H and O–H groups in total. The van der Waals surface area contributed by atoms with Crippen LogP contribution in [0, 0.1) is 0 Å². The Balaban J connectivity index is 1.49. The molecule has 3 rings (SSSR count). The third-order valence-electron chi connectivity index (χ3n) is 3.30. The second kappa shape index (κ2) is 5.46. The average Bonchev–Trinajstić information content (AvgIpc) is 3.00. The van der Waals surface area contributed by atoms with Gasteiger partial charge in [-0.2, -0.15) is 0 Å². The minimum Gasteiger partial charge on any atom is -0.463 e. The lowest BCUT2D eigenvalue weighted by atomic mass is 10.3. The van der Waals surface area contributed by atoms with Gasteiger partial charge in [-0.05, 0) is 0 Å². The molecule has 1 saturated heterocycles. The molecule has 0 atom stereocenters. The average molecular weight is 263 g/mol. The standard InChI is InChI=1S/C13H17N3O3/c17-13(11-9-12-10(15-11)1-6-19-12)14-2-3-16-4-7-18-8-5-16/h1,6,9,15H,2-5,7-8H2,(H,14,17). The summed E-state index contributed by atoms with van der Waals surface area (Å²) in [5, 5.41) is 2.90. The van der Waals surface area contributed by atoms with Crippen LogP contribution in [0.2, 0.25) is 0 Å². The summed E-state index contributed by atoms with van der Waals surface area (Å²) in [5.41, 5.74) is 2.09. The van der Waals surface area contributed by atoms with E-state index in [1.165, 1.54) is 0 Å². The Morgan fingerprint density at radius 3 is 3.05 bits per heavy atom. The highest BCUT2D eigenvalue weighted by Crippen LogP contribution is 2.15. The van der Waals surface area contributed by atoms with Crippen molar-refractivity contribution in [2.24, 2.45) is 0 Å². The molecular weight excluding hydrogens is 246 g/mol. The second-order valence-corrected chi connectivity index (χ2v) is 4.59. The fourth-order valence-corrected chi connectivity index (χ4v) is 2.22. The van der Waals surface area contributed by atoms with Gasteiger partial charge < -0.3 is 19.5 Å². The maximum absolute atomic E-state index is 11.9. The van der Waals surface area contributed by atoms with Crippen LogP contribution in [0.3, 0.4) is 0 Å². The van der Waals surface area contributed by atoms with Gasteiger partial charge in [0.15, 0.2) is 5.58 Å². The van der Waals surface area contributed by atoms with Crippen molar-refractivity contribution >= 4 is 17.0 Å². The Bertz CT molecular complexity index is 526. The van der Waals surface area contributed by atoms with Crippen molar-refractivity contribution in [3.05, 3.63) is 24.1 Å². The Hall–Kier alpha value is -1.79. The van der Waals surface area contributed by atoms with E-state index in [4.69, 9.17) is 9.15 Å². The zero-order valence-electron chi connectivity index (χ0n) is 10.6. The number of carbonyl (C=O) groups excluding carboxylic acids is 1. The van der Waals surface area contributed by atoms with E-state index < -0.39 is 0 Å². The van der Waals surface area contributed by atoms with Gasteiger partial charge in [-0.3, -0.25) is 9.69 Å². The van der Waals surface area contributed by atoms with Gasteiger partial charge in [0.1, 0.15) is 5.69 Å². The first-order valence-corrected chi connectivity index (χ1v) is 6.47. The molecule has 3 heterocycles. The van der Waals surface area contributed by atoms with Gasteiger partial charge in [0, 0.05) is 38.3 Å². The number of fused-ring (bicyclic) bond motifs is 1. The lowest BCUT2D eigenvalue weighted by Crippen LogP contribution is -2.41. The summed E-state index contributed by atoms with van der Waals surface area (Å²) in [4.78, 5) is 17.2. The fraction of sp³-hybridized carbons (Fsp3) is 0.462. The van der Waals surface area contributed by atoms with Gasteiger partial charge >= 0.3 is 0 Å². The molecule has 0 spiro atoms. The van der Waals surface area contributed by atoms with Crippen LogP contribution in [0.4, 0.5) is 0 Å². The van der Waals surface area contributed by atoms with Crippen molar-refractivity contribution in [1.82, 2.24) is 15.2 Å². The number of ether oxygens (including phenoxy) is 1. The van der Waals surface area contributed by atoms with Gasteiger partial charge in [-0.25, -0.2) is 0 Å². The number of carbonyl (C=O) groups is 1. The number of amides is 1. The molecule has 1 aliphatic rings. The number of H-pyrrole nitrogens is 1. The quantitative estimate of drug-likeness (QED) is 0.857. The Morgan fingerprint density at radius 2 is 2.26 bits per heavy atom. The van der Waals surface area contributed by atoms with Crippen molar-refractivity contribution in [2.75, 3.05) is 39.4 Å². The maximum atomic E-state index is 11.9. The maximum Gasteiger partial charge on any atom is 0.267 e. The van der Waals surface area contributed by atoms with Crippen LogP contribution >= 0.6 is 0 Å². The molecule has 1 aliphatic heterocycles. The molecule has 1 amide bonds. The van der Waals surface area contributed by atoms with Crippen LogP contribution in [-0.2, 0) is 4.74 Å². The highest BCUT2D eigenvalue weighted by atomic mass is 16.5. The summed E-state index contributed by atoms with van der Waals surface area (Å²) in [6, 6.07) is 3.53. The minimum absolute atomic E-state index is 0.0975. The van der Waals surface area contributed by atoms with Crippen molar-refractivity contribution in [1.29, 1.82) is 0 Å². The molecule has 6 nitrogen and oxygen atoms in total. The topological polar surface area (TPSA) is 70.5 Å². The third-order valence-corrected chi connectivity index (χ3v) is 3.30. The number of morpholine rings is 1. The van der Waals surface area contributed by atoms with Gasteiger partial charge in [0.05, 0.1) is 25.0 Å². The molecular formula is C13H17N3O3. The molecule has 0 aromatic carbocycles. The molecule has 0 radical (unpaired) electrons. The van der Waals surface area contributed by atoms with Gasteiger partial charge in [0.2, 0.25) is 0 Å². The van der Waals surface area contributed by atoms with Crippen LogP contribution in [0.5, 0.6) is 0 Å². The molecule has 0 unspecified atom stereocenters. The summed E-state index contributed by atoms with van der Waals surface area (Å²) < 4.78 is 10.5. The van der Waals surface area contributed by atoms with Crippen LogP contribution in [0.15, 0.2) is 22.8 Å². The number of aromatic nitrogens is 1. The molecule has 19 heavy (non-hydrogen) atoms. The van der Waals surface area contributed by atoms with E-state index in [0.29, 0.717) is 17.8 Å². The Kier molecular flexibility index (Phi) is 3.52. The molecule has 0 aliphatic carbocycles. The van der Waals surface area contributed by atoms with E-state index in [1.54, 1.807) is 18.4 Å². The first-order valence-electron chi connectivity index (χ1n) is 6.47. The first kappa shape index (κ1) is 12.3. The van der Waals surface area contributed by atoms with Crippen LogP contribution in [-0.4, -0.2) is 55.2 Å². The fourth-order valence-electron chi connectivity index (χ4n) is 2.22. The van der Waals surface area contributed by atoms with Crippen molar-refractivity contribution in [3.8, 4) is 0 Å². The number of aromatic amines is 1. The van der Waals surface area contributed by atoms with Crippen LogP contribution < -0.4 is 5.32 Å². The summed E-state index contributed by atoms with van der Waals surface area (Å²) in [5.74, 6) is -0.0975. The predicted octanol–water partition coefficient (Wildman–Crippen LogP) is 0.823. The van der Waals surface area contributed by atoms with Gasteiger partial charge in [-0.1, -0.05) is 0 Å². The molecule has 1 fully saturated rings. The van der Waals surface area contributed by atoms with E-state index in [1.807, 2.05) is 0 Å². The van der Waals surface area contributed by atoms with Crippen LogP contribution in [0.1, 0.15) is 10.5 Å². The molecule has 6 heteroatoms. The zero-order valence-corrected chi connectivity index (χ0v) is 10.6. The molecule has 102 valence electrons. The van der Waals surface area contributed by atoms with Crippen molar-refractivity contribution in [3.63, 3.8) is 0 Å². The van der Waals surface area contributed by atoms with Crippen molar-refractivity contribution < 1.29 is 13.9 Å². The number of rotatable bonds is 4. The van der Waals surface area contributed by atoms with E-state index >= 15 is 0 Å². The highest BCUT2D eigenvalue weighted by molar-refractivity contribution is 5.96. The normalized spacial score (nSPS) is 16.8. The van der Waals surface area contributed by atoms with E-state index in [9.17, 15) is 4.79 Å². The smallest absolute Gasteiger partial charge is 0.267 e. The van der Waals surface area contributed by atoms with Crippen LogP contribution in [0.25, 0.3) is 11.1 Å². The Labute approximate surface area is 110 Å². The molecule has 0 bridgehead atoms.